The van der Waals surface area contributed by atoms with Crippen LogP contribution in [0.2, 0.25) is 0 Å². The van der Waals surface area contributed by atoms with E-state index in [2.05, 4.69) is 58.7 Å². The lowest BCUT2D eigenvalue weighted by molar-refractivity contribution is -0.247. The Balaban J connectivity index is 1.23. The van der Waals surface area contributed by atoms with Crippen molar-refractivity contribution in [3.8, 4) is 0 Å². The van der Waals surface area contributed by atoms with Gasteiger partial charge in [-0.05, 0) is 128 Å². The Morgan fingerprint density at radius 2 is 1.53 bits per heavy atom. The third-order valence-corrected chi connectivity index (χ3v) is 20.5. The van der Waals surface area contributed by atoms with Crippen LogP contribution in [0, 0.1) is 62.6 Å². The van der Waals surface area contributed by atoms with E-state index in [4.69, 9.17) is 9.47 Å². The number of aliphatic carboxylic acids is 1. The third-order valence-electron chi connectivity index (χ3n) is 18.4. The zero-order chi connectivity index (χ0) is 43.8. The second kappa shape index (κ2) is 16.5. The van der Waals surface area contributed by atoms with E-state index in [9.17, 15) is 37.5 Å². The molecule has 4 N–H and O–H groups in total. The molecule has 2 unspecified atom stereocenters. The van der Waals surface area contributed by atoms with Crippen LogP contribution in [-0.2, 0) is 33.5 Å². The minimum absolute atomic E-state index is 0.0732. The predicted octanol–water partition coefficient (Wildman–Crippen LogP) is 7.51. The van der Waals surface area contributed by atoms with Crippen LogP contribution in [0.3, 0.4) is 0 Å². The van der Waals surface area contributed by atoms with Gasteiger partial charge in [-0.15, -0.1) is 0 Å². The number of carboxylic acid groups (broad SMARTS) is 1. The number of carbonyl (C=O) groups excluding carboxylic acids is 1. The number of nitrogens with one attached hydrogen (secondary N) is 1. The van der Waals surface area contributed by atoms with E-state index < -0.39 is 41.3 Å². The number of hydrogen-bond acceptors (Lipinski definition) is 9. The molecule has 0 spiro atoms. The Hall–Kier alpha value is -1.08. The Morgan fingerprint density at radius 1 is 0.864 bits per heavy atom. The molecule has 6 fully saturated rings. The van der Waals surface area contributed by atoms with Crippen molar-refractivity contribution in [1.82, 2.24) is 10.2 Å². The zero-order valence-electron chi connectivity index (χ0n) is 37.9. The molecule has 0 amide bonds. The number of fused-ring (bicyclic) bond motifs is 7. The van der Waals surface area contributed by atoms with Crippen molar-refractivity contribution < 1.29 is 46.9 Å². The van der Waals surface area contributed by atoms with Crippen molar-refractivity contribution in [3.63, 3.8) is 0 Å². The van der Waals surface area contributed by atoms with Crippen LogP contribution >= 0.6 is 7.60 Å². The quantitative estimate of drug-likeness (QED) is 0.0999. The summed E-state index contributed by atoms with van der Waals surface area (Å²) in [5, 5.41) is 13.6. The highest BCUT2D eigenvalue weighted by Gasteiger charge is 2.71. The van der Waals surface area contributed by atoms with Gasteiger partial charge in [-0.25, -0.2) is 8.42 Å². The third kappa shape index (κ3) is 9.03. The number of rotatable bonds is 14. The fraction of sp³-hybridized carbons (Fsp3) is 0.956. The summed E-state index contributed by atoms with van der Waals surface area (Å²) in [6, 6.07) is -0.226. The van der Waals surface area contributed by atoms with E-state index in [-0.39, 0.29) is 69.7 Å². The molecule has 0 radical (unpaired) electrons. The molecule has 0 aromatic rings. The van der Waals surface area contributed by atoms with Gasteiger partial charge in [-0.2, -0.15) is 0 Å². The summed E-state index contributed by atoms with van der Waals surface area (Å²) in [5.74, 6) is 2.05. The van der Waals surface area contributed by atoms with Crippen LogP contribution in [0.5, 0.6) is 0 Å². The SMILES string of the molecule is CC(OCP(=O)(O)O)C(CN[C@]12CC[C@@H](C(C)C)[C@@H]1[C@H]1CC[C@@H]3[C@@]4(C)CC[C@H](OC(=O)CC(C)(C)CC(=O)O)C(C)(C)[C@@H]4CC[C@@]3(C)[C@]1(C)CC2)N1CCS(=O)(=O)CC1. The van der Waals surface area contributed by atoms with Crippen molar-refractivity contribution in [3.05, 3.63) is 0 Å². The first-order valence-electron chi connectivity index (χ1n) is 22.9. The normalized spacial score (nSPS) is 40.6. The fourth-order valence-electron chi connectivity index (χ4n) is 15.2. The number of sulfone groups is 1. The Bertz CT molecular complexity index is 1720. The zero-order valence-corrected chi connectivity index (χ0v) is 39.6. The summed E-state index contributed by atoms with van der Waals surface area (Å²) in [4.78, 5) is 46.2. The highest BCUT2D eigenvalue weighted by Crippen LogP contribution is 2.76. The van der Waals surface area contributed by atoms with E-state index >= 15 is 0 Å². The maximum absolute atomic E-state index is 13.3. The molecule has 5 aliphatic carbocycles. The van der Waals surface area contributed by atoms with Crippen molar-refractivity contribution in [2.75, 3.05) is 37.5 Å². The lowest BCUT2D eigenvalue weighted by atomic mass is 9.32. The highest BCUT2D eigenvalue weighted by atomic mass is 32.2. The molecule has 5 saturated carbocycles. The van der Waals surface area contributed by atoms with Gasteiger partial charge in [0.05, 0.1) is 30.5 Å². The molecule has 0 bridgehead atoms. The van der Waals surface area contributed by atoms with E-state index in [1.54, 1.807) is 0 Å². The van der Waals surface area contributed by atoms with Gasteiger partial charge in [0.15, 0.2) is 9.84 Å². The summed E-state index contributed by atoms with van der Waals surface area (Å²) in [6.45, 7) is 24.1. The van der Waals surface area contributed by atoms with Crippen molar-refractivity contribution in [2.24, 2.45) is 62.6 Å². The van der Waals surface area contributed by atoms with E-state index in [1.165, 1.54) is 19.3 Å². The Kier molecular flexibility index (Phi) is 13.2. The maximum Gasteiger partial charge on any atom is 0.350 e. The second-order valence-corrected chi connectivity index (χ2v) is 26.7. The largest absolute Gasteiger partial charge is 0.481 e. The van der Waals surface area contributed by atoms with Crippen LogP contribution in [0.25, 0.3) is 0 Å². The molecular formula is C45H79N2O10PS. The number of nitrogens with zero attached hydrogens (tertiary/aromatic N) is 1. The van der Waals surface area contributed by atoms with E-state index in [0.717, 1.165) is 44.9 Å². The molecular weight excluding hydrogens is 792 g/mol. The predicted molar refractivity (Wildman–Crippen MR) is 229 cm³/mol. The molecule has 0 aromatic heterocycles. The van der Waals surface area contributed by atoms with Crippen LogP contribution < -0.4 is 5.32 Å². The van der Waals surface area contributed by atoms with Gasteiger partial charge in [-0.1, -0.05) is 62.3 Å². The Labute approximate surface area is 355 Å². The summed E-state index contributed by atoms with van der Waals surface area (Å²) in [6.07, 6.45) is 9.57. The van der Waals surface area contributed by atoms with Crippen molar-refractivity contribution in [2.45, 2.75) is 170 Å². The first kappa shape index (κ1) is 47.4. The van der Waals surface area contributed by atoms with Gasteiger partial charge < -0.3 is 29.7 Å². The maximum atomic E-state index is 13.3. The molecule has 1 saturated heterocycles. The summed E-state index contributed by atoms with van der Waals surface area (Å²) in [5.41, 5.74) is -0.561. The lowest BCUT2D eigenvalue weighted by Gasteiger charge is -2.73. The van der Waals surface area contributed by atoms with Gasteiger partial charge in [0.2, 0.25) is 0 Å². The average Bonchev–Trinajstić information content (AvgIpc) is 3.48. The minimum atomic E-state index is -4.38. The minimum Gasteiger partial charge on any atom is -0.481 e. The summed E-state index contributed by atoms with van der Waals surface area (Å²) in [7, 11) is -7.49. The molecule has 1 heterocycles. The average molecular weight is 871 g/mol. The first-order chi connectivity index (χ1) is 27.1. The second-order valence-electron chi connectivity index (χ2n) is 22.8. The molecule has 12 nitrogen and oxygen atoms in total. The number of esters is 1. The molecule has 0 aromatic carbocycles. The monoisotopic (exact) mass is 871 g/mol. The van der Waals surface area contributed by atoms with E-state index in [0.29, 0.717) is 55.1 Å². The van der Waals surface area contributed by atoms with Gasteiger partial charge in [0, 0.05) is 36.6 Å². The topological polar surface area (TPSA) is 180 Å². The number of carbonyl (C=O) groups is 2. The van der Waals surface area contributed by atoms with Crippen LogP contribution in [0.4, 0.5) is 0 Å². The molecule has 340 valence electrons. The van der Waals surface area contributed by atoms with E-state index in [1.807, 2.05) is 20.8 Å². The van der Waals surface area contributed by atoms with Gasteiger partial charge >= 0.3 is 19.5 Å². The molecule has 14 heteroatoms. The fourth-order valence-corrected chi connectivity index (χ4v) is 16.9. The van der Waals surface area contributed by atoms with Gasteiger partial charge in [0.1, 0.15) is 12.5 Å². The smallest absolute Gasteiger partial charge is 0.350 e. The summed E-state index contributed by atoms with van der Waals surface area (Å²) >= 11 is 0. The molecule has 6 aliphatic rings. The molecule has 59 heavy (non-hydrogen) atoms. The summed E-state index contributed by atoms with van der Waals surface area (Å²) < 4.78 is 48.8. The van der Waals surface area contributed by atoms with Crippen molar-refractivity contribution in [1.29, 1.82) is 0 Å². The number of hydrogen-bond donors (Lipinski definition) is 4. The Morgan fingerprint density at radius 3 is 2.14 bits per heavy atom. The standard InChI is InChI=1S/C45H79N2O10PS/c1-29(2)31-13-18-45(46-27-33(30(3)56-28-58(51,52)53)47-21-23-59(54,55)24-22-47)20-19-43(9)32(39(31)45)11-12-35-42(8)16-15-36(41(6,7)34(42)14-17-44(35,43)10)57-38(50)26-40(4,5)25-37(48)49/h29-36,39,46H,11-28H2,1-10H3,(H,48,49)(H2,51,52,53)/t30?,31-,32+,33?,34-,35+,36-,39+,42-,43+,44+,45-/m0/s1. The van der Waals surface area contributed by atoms with Crippen LogP contribution in [-0.4, -0.2) is 101 Å². The van der Waals surface area contributed by atoms with Crippen molar-refractivity contribution >= 4 is 29.4 Å². The van der Waals surface area contributed by atoms with Gasteiger partial charge in [-0.3, -0.25) is 19.1 Å². The molecule has 12 atom stereocenters. The van der Waals surface area contributed by atoms with Gasteiger partial charge in [0.25, 0.3) is 0 Å². The lowest BCUT2D eigenvalue weighted by Crippen LogP contribution is -2.69. The molecule has 6 rings (SSSR count). The number of ether oxygens (including phenoxy) is 2. The van der Waals surface area contributed by atoms with Crippen LogP contribution in [0.15, 0.2) is 0 Å². The molecule has 1 aliphatic heterocycles. The van der Waals surface area contributed by atoms with Crippen LogP contribution in [0.1, 0.15) is 146 Å². The number of carboxylic acids is 1. The first-order valence-corrected chi connectivity index (χ1v) is 26.5. The highest BCUT2D eigenvalue weighted by molar-refractivity contribution is 7.91.